The number of unbranched alkanes of at least 4 members (excludes halogenated alkanes) is 2. The minimum Gasteiger partial charge on any atom is -0.461 e. The summed E-state index contributed by atoms with van der Waals surface area (Å²) >= 11 is 0. The summed E-state index contributed by atoms with van der Waals surface area (Å²) in [5.41, 5.74) is 0. The van der Waals surface area contributed by atoms with Crippen molar-refractivity contribution in [2.75, 3.05) is 0 Å². The molecule has 0 spiro atoms. The standard InChI is InChI=1S/C10H18O2/c1-3-4-5-6-8(2)9-7-10(11)12-9/h8-9H,3-7H2,1-2H3. The van der Waals surface area contributed by atoms with Crippen LogP contribution < -0.4 is 0 Å². The highest BCUT2D eigenvalue weighted by molar-refractivity contribution is 5.75. The van der Waals surface area contributed by atoms with Gasteiger partial charge in [0.15, 0.2) is 0 Å². The third-order valence-electron chi connectivity index (χ3n) is 2.55. The first-order valence-electron chi connectivity index (χ1n) is 4.93. The first-order chi connectivity index (χ1) is 5.74. The van der Waals surface area contributed by atoms with Gasteiger partial charge in [0, 0.05) is 0 Å². The van der Waals surface area contributed by atoms with Crippen molar-refractivity contribution >= 4 is 5.97 Å². The van der Waals surface area contributed by atoms with Crippen molar-refractivity contribution in [3.05, 3.63) is 0 Å². The Morgan fingerprint density at radius 3 is 2.75 bits per heavy atom. The van der Waals surface area contributed by atoms with Crippen molar-refractivity contribution in [1.82, 2.24) is 0 Å². The van der Waals surface area contributed by atoms with E-state index in [2.05, 4.69) is 13.8 Å². The minimum absolute atomic E-state index is 0.0256. The Balaban J connectivity index is 2.04. The van der Waals surface area contributed by atoms with E-state index >= 15 is 0 Å². The van der Waals surface area contributed by atoms with Crippen molar-refractivity contribution in [3.8, 4) is 0 Å². The average Bonchev–Trinajstić information content (AvgIpc) is 1.99. The molecule has 0 bridgehead atoms. The highest BCUT2D eigenvalue weighted by atomic mass is 16.6. The number of rotatable bonds is 5. The molecule has 12 heavy (non-hydrogen) atoms. The molecule has 1 aliphatic rings. The smallest absolute Gasteiger partial charge is 0.309 e. The van der Waals surface area contributed by atoms with Crippen LogP contribution in [0.15, 0.2) is 0 Å². The SMILES string of the molecule is CCCCCC(C)C1CC(=O)O1. The second-order valence-corrected chi connectivity index (χ2v) is 3.71. The number of carbonyl (C=O) groups is 1. The summed E-state index contributed by atoms with van der Waals surface area (Å²) in [4.78, 5) is 10.5. The highest BCUT2D eigenvalue weighted by Gasteiger charge is 2.32. The second-order valence-electron chi connectivity index (χ2n) is 3.71. The van der Waals surface area contributed by atoms with Gasteiger partial charge in [0.25, 0.3) is 0 Å². The van der Waals surface area contributed by atoms with Gasteiger partial charge in [-0.05, 0) is 12.3 Å². The lowest BCUT2D eigenvalue weighted by atomic mass is 9.93. The van der Waals surface area contributed by atoms with Crippen LogP contribution >= 0.6 is 0 Å². The van der Waals surface area contributed by atoms with Gasteiger partial charge in [-0.25, -0.2) is 0 Å². The van der Waals surface area contributed by atoms with E-state index in [4.69, 9.17) is 4.74 Å². The maximum absolute atomic E-state index is 10.5. The zero-order valence-corrected chi connectivity index (χ0v) is 8.01. The van der Waals surface area contributed by atoms with Crippen LogP contribution in [0.25, 0.3) is 0 Å². The molecule has 0 saturated carbocycles. The van der Waals surface area contributed by atoms with Gasteiger partial charge in [0.1, 0.15) is 6.10 Å². The van der Waals surface area contributed by atoms with E-state index in [0.717, 1.165) is 0 Å². The normalized spacial score (nSPS) is 24.5. The molecule has 0 aromatic rings. The molecule has 1 saturated heterocycles. The highest BCUT2D eigenvalue weighted by Crippen LogP contribution is 2.25. The van der Waals surface area contributed by atoms with Crippen molar-refractivity contribution in [1.29, 1.82) is 0 Å². The van der Waals surface area contributed by atoms with Crippen LogP contribution in [0.1, 0.15) is 46.0 Å². The summed E-state index contributed by atoms with van der Waals surface area (Å²) in [5, 5.41) is 0. The van der Waals surface area contributed by atoms with E-state index < -0.39 is 0 Å². The first kappa shape index (κ1) is 9.56. The molecule has 70 valence electrons. The summed E-state index contributed by atoms with van der Waals surface area (Å²) in [7, 11) is 0. The topological polar surface area (TPSA) is 26.3 Å². The van der Waals surface area contributed by atoms with Gasteiger partial charge in [0.2, 0.25) is 0 Å². The third-order valence-corrected chi connectivity index (χ3v) is 2.55. The monoisotopic (exact) mass is 170 g/mol. The van der Waals surface area contributed by atoms with Crippen molar-refractivity contribution in [2.45, 2.75) is 52.1 Å². The Hall–Kier alpha value is -0.530. The molecule has 1 heterocycles. The Morgan fingerprint density at radius 2 is 2.25 bits per heavy atom. The molecule has 0 N–H and O–H groups in total. The first-order valence-corrected chi connectivity index (χ1v) is 4.93. The Morgan fingerprint density at radius 1 is 1.58 bits per heavy atom. The van der Waals surface area contributed by atoms with E-state index in [9.17, 15) is 4.79 Å². The van der Waals surface area contributed by atoms with E-state index in [1.54, 1.807) is 0 Å². The summed E-state index contributed by atoms with van der Waals surface area (Å²) in [6.07, 6.45) is 5.90. The molecule has 2 atom stereocenters. The Labute approximate surface area is 74.3 Å². The van der Waals surface area contributed by atoms with Gasteiger partial charge in [0.05, 0.1) is 6.42 Å². The fourth-order valence-electron chi connectivity index (χ4n) is 1.54. The molecule has 2 nitrogen and oxygen atoms in total. The van der Waals surface area contributed by atoms with Gasteiger partial charge in [-0.2, -0.15) is 0 Å². The fraction of sp³-hybridized carbons (Fsp3) is 0.900. The van der Waals surface area contributed by atoms with Crippen LogP contribution in [0, 0.1) is 5.92 Å². The van der Waals surface area contributed by atoms with Gasteiger partial charge in [-0.15, -0.1) is 0 Å². The number of carbonyl (C=O) groups excluding carboxylic acids is 1. The molecule has 1 rings (SSSR count). The second kappa shape index (κ2) is 4.48. The van der Waals surface area contributed by atoms with Gasteiger partial charge >= 0.3 is 5.97 Å². The molecule has 0 aromatic carbocycles. The summed E-state index contributed by atoms with van der Waals surface area (Å²) in [6.45, 7) is 4.38. The molecular formula is C10H18O2. The van der Waals surface area contributed by atoms with Gasteiger partial charge in [-0.3, -0.25) is 4.79 Å². The number of hydrogen-bond acceptors (Lipinski definition) is 2. The van der Waals surface area contributed by atoms with E-state index in [1.807, 2.05) is 0 Å². The minimum atomic E-state index is -0.0256. The largest absolute Gasteiger partial charge is 0.461 e. The molecular weight excluding hydrogens is 152 g/mol. The fourth-order valence-corrected chi connectivity index (χ4v) is 1.54. The van der Waals surface area contributed by atoms with Crippen molar-refractivity contribution in [2.24, 2.45) is 5.92 Å². The lowest BCUT2D eigenvalue weighted by molar-refractivity contribution is -0.174. The van der Waals surface area contributed by atoms with E-state index in [1.165, 1.54) is 25.7 Å². The van der Waals surface area contributed by atoms with Crippen LogP contribution in [-0.2, 0) is 9.53 Å². The Bertz CT molecular complexity index is 146. The van der Waals surface area contributed by atoms with Crippen LogP contribution in [0.3, 0.4) is 0 Å². The van der Waals surface area contributed by atoms with E-state index in [0.29, 0.717) is 12.3 Å². The summed E-state index contributed by atoms with van der Waals surface area (Å²) < 4.78 is 4.99. The van der Waals surface area contributed by atoms with Gasteiger partial charge < -0.3 is 4.74 Å². The lowest BCUT2D eigenvalue weighted by Crippen LogP contribution is -2.37. The van der Waals surface area contributed by atoms with Crippen LogP contribution in [-0.4, -0.2) is 12.1 Å². The lowest BCUT2D eigenvalue weighted by Gasteiger charge is -2.30. The maximum Gasteiger partial charge on any atom is 0.309 e. The predicted molar refractivity (Wildman–Crippen MR) is 47.8 cm³/mol. The summed E-state index contributed by atoms with van der Waals surface area (Å²) in [5.74, 6) is 0.539. The molecule has 0 aliphatic carbocycles. The number of ether oxygens (including phenoxy) is 1. The number of esters is 1. The van der Waals surface area contributed by atoms with Gasteiger partial charge in [-0.1, -0.05) is 33.1 Å². The third kappa shape index (κ3) is 2.50. The van der Waals surface area contributed by atoms with Crippen molar-refractivity contribution in [3.63, 3.8) is 0 Å². The van der Waals surface area contributed by atoms with Crippen LogP contribution in [0.4, 0.5) is 0 Å². The zero-order chi connectivity index (χ0) is 8.97. The maximum atomic E-state index is 10.5. The quantitative estimate of drug-likeness (QED) is 0.468. The molecule has 1 fully saturated rings. The molecule has 0 aromatic heterocycles. The van der Waals surface area contributed by atoms with Crippen LogP contribution in [0.2, 0.25) is 0 Å². The van der Waals surface area contributed by atoms with Crippen molar-refractivity contribution < 1.29 is 9.53 Å². The van der Waals surface area contributed by atoms with E-state index in [-0.39, 0.29) is 12.1 Å². The average molecular weight is 170 g/mol. The Kier molecular flexibility index (Phi) is 3.57. The molecule has 2 heteroatoms. The zero-order valence-electron chi connectivity index (χ0n) is 8.01. The molecule has 0 radical (unpaired) electrons. The number of cyclic esters (lactones) is 1. The molecule has 2 unspecified atom stereocenters. The number of hydrogen-bond donors (Lipinski definition) is 0. The molecule has 1 aliphatic heterocycles. The summed E-state index contributed by atoms with van der Waals surface area (Å²) in [6, 6.07) is 0. The molecule has 0 amide bonds. The van der Waals surface area contributed by atoms with Crippen LogP contribution in [0.5, 0.6) is 0 Å². The predicted octanol–water partition coefficient (Wildman–Crippen LogP) is 2.52.